The fraction of sp³-hybridized carbons (Fsp3) is 0.611. The van der Waals surface area contributed by atoms with Crippen LogP contribution in [0.3, 0.4) is 0 Å². The van der Waals surface area contributed by atoms with Crippen LogP contribution in [0.25, 0.3) is 11.0 Å². The quantitative estimate of drug-likeness (QED) is 0.918. The number of carbonyl (C=O) groups is 1. The Labute approximate surface area is 139 Å². The number of fused-ring (bicyclic) bond motifs is 2. The van der Waals surface area contributed by atoms with Gasteiger partial charge in [0.1, 0.15) is 0 Å². The van der Waals surface area contributed by atoms with Crippen molar-refractivity contribution in [3.8, 4) is 0 Å². The smallest absolute Gasteiger partial charge is 0.274 e. The Morgan fingerprint density at radius 1 is 1.21 bits per heavy atom. The van der Waals surface area contributed by atoms with E-state index in [1.54, 1.807) is 11.7 Å². The number of pyridine rings is 1. The number of hydrogen-bond acceptors (Lipinski definition) is 3. The Balaban J connectivity index is 1.60. The van der Waals surface area contributed by atoms with Gasteiger partial charge in [-0.3, -0.25) is 19.4 Å². The van der Waals surface area contributed by atoms with Gasteiger partial charge in [-0.2, -0.15) is 0 Å². The first-order valence-corrected chi connectivity index (χ1v) is 9.00. The molecule has 3 aliphatic rings. The van der Waals surface area contributed by atoms with E-state index in [0.29, 0.717) is 34.4 Å². The van der Waals surface area contributed by atoms with Crippen molar-refractivity contribution in [2.45, 2.75) is 38.0 Å². The Bertz CT molecular complexity index is 880. The molecule has 0 bridgehead atoms. The van der Waals surface area contributed by atoms with Crippen LogP contribution in [0.1, 0.15) is 54.1 Å². The zero-order valence-electron chi connectivity index (χ0n) is 13.9. The Hall–Kier alpha value is -2.11. The minimum absolute atomic E-state index is 0.00963. The second-order valence-corrected chi connectivity index (χ2v) is 7.73. The van der Waals surface area contributed by atoms with Gasteiger partial charge in [0.15, 0.2) is 5.65 Å². The highest BCUT2D eigenvalue weighted by Crippen LogP contribution is 2.41. The van der Waals surface area contributed by atoms with Gasteiger partial charge in [0.2, 0.25) is 0 Å². The van der Waals surface area contributed by atoms with Crippen LogP contribution in [0, 0.1) is 11.8 Å². The summed E-state index contributed by atoms with van der Waals surface area (Å²) < 4.78 is 1.64. The second kappa shape index (κ2) is 4.94. The highest BCUT2D eigenvalue weighted by atomic mass is 16.2. The third-order valence-corrected chi connectivity index (χ3v) is 6.07. The van der Waals surface area contributed by atoms with Gasteiger partial charge in [-0.25, -0.2) is 4.98 Å². The lowest BCUT2D eigenvalue weighted by molar-refractivity contribution is 0.0782. The van der Waals surface area contributed by atoms with Gasteiger partial charge in [-0.1, -0.05) is 6.42 Å². The van der Waals surface area contributed by atoms with Crippen molar-refractivity contribution in [3.05, 3.63) is 27.7 Å². The van der Waals surface area contributed by atoms with E-state index in [2.05, 4.69) is 10.1 Å². The fourth-order valence-electron chi connectivity index (χ4n) is 4.61. The van der Waals surface area contributed by atoms with Crippen LogP contribution in [0.5, 0.6) is 0 Å². The molecule has 6 heteroatoms. The largest absolute Gasteiger partial charge is 0.338 e. The predicted octanol–water partition coefficient (Wildman–Crippen LogP) is 2.01. The van der Waals surface area contributed by atoms with Crippen LogP contribution in [0.4, 0.5) is 0 Å². The number of hydrogen-bond donors (Lipinski definition) is 1. The SMILES string of the molecule is Cn1[nH]c(=O)c2c(C(=O)N3C[C@@H]4CCC[C@H]4C3)cc(C3CC3)nc21. The summed E-state index contributed by atoms with van der Waals surface area (Å²) in [5.41, 5.74) is 1.89. The lowest BCUT2D eigenvalue weighted by atomic mass is 10.0. The molecule has 2 aromatic heterocycles. The summed E-state index contributed by atoms with van der Waals surface area (Å²) >= 11 is 0. The number of H-pyrrole nitrogens is 1. The molecule has 3 fully saturated rings. The van der Waals surface area contributed by atoms with Crippen LogP contribution < -0.4 is 5.56 Å². The van der Waals surface area contributed by atoms with E-state index in [1.165, 1.54) is 19.3 Å². The number of aromatic nitrogens is 3. The summed E-state index contributed by atoms with van der Waals surface area (Å²) in [6, 6.07) is 1.88. The zero-order chi connectivity index (χ0) is 16.4. The first kappa shape index (κ1) is 14.3. The summed E-state index contributed by atoms with van der Waals surface area (Å²) in [6.07, 6.45) is 6.01. The maximum atomic E-state index is 13.2. The topological polar surface area (TPSA) is 71.0 Å². The molecule has 5 rings (SSSR count). The Morgan fingerprint density at radius 3 is 2.58 bits per heavy atom. The zero-order valence-corrected chi connectivity index (χ0v) is 13.9. The van der Waals surface area contributed by atoms with E-state index in [9.17, 15) is 9.59 Å². The highest BCUT2D eigenvalue weighted by molar-refractivity contribution is 6.05. The lowest BCUT2D eigenvalue weighted by Gasteiger charge is -2.18. The molecule has 1 saturated heterocycles. The summed E-state index contributed by atoms with van der Waals surface area (Å²) in [6.45, 7) is 1.69. The molecule has 3 heterocycles. The van der Waals surface area contributed by atoms with Gasteiger partial charge in [0.05, 0.1) is 10.9 Å². The van der Waals surface area contributed by atoms with Gasteiger partial charge in [-0.05, 0) is 43.6 Å². The molecule has 1 amide bonds. The summed E-state index contributed by atoms with van der Waals surface area (Å²) in [5, 5.41) is 3.20. The van der Waals surface area contributed by atoms with Crippen molar-refractivity contribution in [1.82, 2.24) is 19.7 Å². The first-order valence-electron chi connectivity index (χ1n) is 9.00. The number of aromatic amines is 1. The second-order valence-electron chi connectivity index (χ2n) is 7.73. The summed E-state index contributed by atoms with van der Waals surface area (Å²) in [7, 11) is 1.78. The standard InChI is InChI=1S/C18H22N4O2/c1-21-16-15(17(23)20-21)13(7-14(19-16)10-5-6-10)18(24)22-8-11-3-2-4-12(11)9-22/h7,10-12H,2-6,8-9H2,1H3,(H,20,23)/t11-,12-/m0/s1. The third kappa shape index (κ3) is 2.05. The molecule has 2 aromatic rings. The van der Waals surface area contributed by atoms with Crippen LogP contribution in [0.2, 0.25) is 0 Å². The number of rotatable bonds is 2. The number of likely N-dealkylation sites (tertiary alicyclic amines) is 1. The molecule has 0 spiro atoms. The van der Waals surface area contributed by atoms with Crippen LogP contribution >= 0.6 is 0 Å². The molecular weight excluding hydrogens is 304 g/mol. The Kier molecular flexibility index (Phi) is 2.94. The molecule has 1 aliphatic heterocycles. The molecule has 0 unspecified atom stereocenters. The van der Waals surface area contributed by atoms with Gasteiger partial charge in [0.25, 0.3) is 11.5 Å². The number of nitrogens with zero attached hydrogens (tertiary/aromatic N) is 3. The van der Waals surface area contributed by atoms with Gasteiger partial charge < -0.3 is 4.90 Å². The Morgan fingerprint density at radius 2 is 1.92 bits per heavy atom. The van der Waals surface area contributed by atoms with Crippen molar-refractivity contribution in [3.63, 3.8) is 0 Å². The number of amides is 1. The van der Waals surface area contributed by atoms with Crippen molar-refractivity contribution in [2.75, 3.05) is 13.1 Å². The molecule has 2 saturated carbocycles. The third-order valence-electron chi connectivity index (χ3n) is 6.07. The van der Waals surface area contributed by atoms with Crippen LogP contribution in [-0.4, -0.2) is 38.7 Å². The summed E-state index contributed by atoms with van der Waals surface area (Å²) in [5.74, 6) is 1.77. The highest BCUT2D eigenvalue weighted by Gasteiger charge is 2.39. The molecule has 2 aliphatic carbocycles. The van der Waals surface area contributed by atoms with Crippen LogP contribution in [-0.2, 0) is 7.05 Å². The maximum Gasteiger partial charge on any atom is 0.274 e. The molecule has 126 valence electrons. The van der Waals surface area contributed by atoms with Gasteiger partial charge in [-0.15, -0.1) is 0 Å². The molecule has 0 radical (unpaired) electrons. The monoisotopic (exact) mass is 326 g/mol. The van der Waals surface area contributed by atoms with Gasteiger partial charge >= 0.3 is 0 Å². The minimum Gasteiger partial charge on any atom is -0.338 e. The molecule has 0 aromatic carbocycles. The molecule has 24 heavy (non-hydrogen) atoms. The van der Waals surface area contributed by atoms with E-state index < -0.39 is 0 Å². The van der Waals surface area contributed by atoms with Gasteiger partial charge in [0, 0.05) is 31.7 Å². The fourth-order valence-corrected chi connectivity index (χ4v) is 4.61. The minimum atomic E-state index is -0.218. The van der Waals surface area contributed by atoms with E-state index in [0.717, 1.165) is 31.6 Å². The average Bonchev–Trinajstić information content (AvgIpc) is 3.09. The van der Waals surface area contributed by atoms with E-state index in [1.807, 2.05) is 11.0 Å². The predicted molar refractivity (Wildman–Crippen MR) is 90.0 cm³/mol. The lowest BCUT2D eigenvalue weighted by Crippen LogP contribution is -2.30. The van der Waals surface area contributed by atoms with Crippen molar-refractivity contribution < 1.29 is 4.79 Å². The number of carbonyl (C=O) groups excluding carboxylic acids is 1. The van der Waals surface area contributed by atoms with E-state index >= 15 is 0 Å². The van der Waals surface area contributed by atoms with Crippen molar-refractivity contribution in [2.24, 2.45) is 18.9 Å². The number of nitrogens with one attached hydrogen (secondary N) is 1. The molecular formula is C18H22N4O2. The molecule has 6 nitrogen and oxygen atoms in total. The summed E-state index contributed by atoms with van der Waals surface area (Å²) in [4.78, 5) is 32.1. The normalized spacial score (nSPS) is 26.3. The van der Waals surface area contributed by atoms with E-state index in [4.69, 9.17) is 0 Å². The van der Waals surface area contributed by atoms with Crippen molar-refractivity contribution in [1.29, 1.82) is 0 Å². The molecule has 1 N–H and O–H groups in total. The molecule has 2 atom stereocenters. The average molecular weight is 326 g/mol. The number of aryl methyl sites for hydroxylation is 1. The maximum absolute atomic E-state index is 13.2. The van der Waals surface area contributed by atoms with E-state index in [-0.39, 0.29) is 11.5 Å². The van der Waals surface area contributed by atoms with Crippen molar-refractivity contribution >= 4 is 16.9 Å². The van der Waals surface area contributed by atoms with Crippen LogP contribution in [0.15, 0.2) is 10.9 Å². The first-order chi connectivity index (χ1) is 11.6.